The fourth-order valence-electron chi connectivity index (χ4n) is 1.42. The number of hydrogen-bond donors (Lipinski definition) is 2. The van der Waals surface area contributed by atoms with Crippen molar-refractivity contribution >= 4 is 43.9 Å². The average Bonchev–Trinajstić information content (AvgIpc) is 2.88. The molecule has 1 atom stereocenters. The van der Waals surface area contributed by atoms with E-state index in [1.165, 1.54) is 18.4 Å². The molecule has 0 aliphatic rings. The molecule has 2 heterocycles. The predicted octanol–water partition coefficient (Wildman–Crippen LogP) is 1.79. The number of carbonyl (C=O) groups excluding carboxylic acids is 1. The summed E-state index contributed by atoms with van der Waals surface area (Å²) in [6, 6.07) is 3.76. The van der Waals surface area contributed by atoms with Gasteiger partial charge in [0, 0.05) is 16.5 Å². The molecular weight excluding hydrogens is 274 g/mol. The SMILES string of the molecule is COC(CNC(=O)c1cc2sccc2s1)C(=O)O. The number of amides is 1. The first kappa shape index (κ1) is 13.0. The quantitative estimate of drug-likeness (QED) is 0.878. The molecule has 2 aromatic rings. The molecule has 1 amide bonds. The van der Waals surface area contributed by atoms with Crippen LogP contribution in [0.3, 0.4) is 0 Å². The average molecular weight is 285 g/mol. The van der Waals surface area contributed by atoms with Crippen molar-refractivity contribution in [1.82, 2.24) is 5.32 Å². The molecule has 2 N–H and O–H groups in total. The van der Waals surface area contributed by atoms with Crippen LogP contribution < -0.4 is 5.32 Å². The Morgan fingerprint density at radius 3 is 2.89 bits per heavy atom. The fourth-order valence-corrected chi connectivity index (χ4v) is 3.45. The lowest BCUT2D eigenvalue weighted by atomic mass is 10.3. The number of ether oxygens (including phenoxy) is 1. The van der Waals surface area contributed by atoms with Crippen LogP contribution >= 0.6 is 22.7 Å². The number of hydrogen-bond acceptors (Lipinski definition) is 5. The minimum absolute atomic E-state index is 0.0454. The maximum absolute atomic E-state index is 11.8. The summed E-state index contributed by atoms with van der Waals surface area (Å²) in [6.45, 7) is -0.0454. The van der Waals surface area contributed by atoms with Gasteiger partial charge in [0.05, 0.1) is 11.4 Å². The van der Waals surface area contributed by atoms with Crippen molar-refractivity contribution in [2.24, 2.45) is 0 Å². The fraction of sp³-hybridized carbons (Fsp3) is 0.273. The van der Waals surface area contributed by atoms with Crippen LogP contribution in [0.2, 0.25) is 0 Å². The van der Waals surface area contributed by atoms with Crippen molar-refractivity contribution in [1.29, 1.82) is 0 Å². The third-order valence-corrected chi connectivity index (χ3v) is 4.46. The van der Waals surface area contributed by atoms with E-state index >= 15 is 0 Å². The van der Waals surface area contributed by atoms with Crippen molar-refractivity contribution in [3.63, 3.8) is 0 Å². The molecule has 2 aromatic heterocycles. The van der Waals surface area contributed by atoms with E-state index in [0.717, 1.165) is 9.40 Å². The van der Waals surface area contributed by atoms with Gasteiger partial charge in [0.25, 0.3) is 5.91 Å². The van der Waals surface area contributed by atoms with Gasteiger partial charge >= 0.3 is 5.97 Å². The molecule has 0 aliphatic carbocycles. The molecule has 0 spiro atoms. The third kappa shape index (κ3) is 2.69. The molecular formula is C11H11NO4S2. The molecule has 1 unspecified atom stereocenters. The molecule has 0 saturated heterocycles. The molecule has 0 bridgehead atoms. The number of methoxy groups -OCH3 is 1. The Hall–Kier alpha value is -1.44. The molecule has 5 nitrogen and oxygen atoms in total. The zero-order valence-corrected chi connectivity index (χ0v) is 11.1. The van der Waals surface area contributed by atoms with Gasteiger partial charge in [0.1, 0.15) is 0 Å². The van der Waals surface area contributed by atoms with Gasteiger partial charge in [-0.05, 0) is 17.5 Å². The number of carbonyl (C=O) groups is 2. The van der Waals surface area contributed by atoms with E-state index in [2.05, 4.69) is 5.32 Å². The minimum atomic E-state index is -1.09. The highest BCUT2D eigenvalue weighted by atomic mass is 32.1. The van der Waals surface area contributed by atoms with Crippen LogP contribution in [0.4, 0.5) is 0 Å². The number of nitrogens with one attached hydrogen (secondary N) is 1. The number of rotatable bonds is 5. The molecule has 18 heavy (non-hydrogen) atoms. The molecule has 0 aromatic carbocycles. The maximum Gasteiger partial charge on any atom is 0.334 e. The Kier molecular flexibility index (Phi) is 3.95. The van der Waals surface area contributed by atoms with E-state index in [-0.39, 0.29) is 12.5 Å². The van der Waals surface area contributed by atoms with Gasteiger partial charge in [0.2, 0.25) is 0 Å². The second-order valence-corrected chi connectivity index (χ2v) is 5.56. The first-order chi connectivity index (χ1) is 8.61. The van der Waals surface area contributed by atoms with Gasteiger partial charge in [-0.1, -0.05) is 0 Å². The summed E-state index contributed by atoms with van der Waals surface area (Å²) in [7, 11) is 1.30. The Morgan fingerprint density at radius 1 is 1.50 bits per heavy atom. The summed E-state index contributed by atoms with van der Waals surface area (Å²) >= 11 is 2.96. The zero-order valence-electron chi connectivity index (χ0n) is 9.50. The monoisotopic (exact) mass is 285 g/mol. The van der Waals surface area contributed by atoms with Gasteiger partial charge in [-0.25, -0.2) is 4.79 Å². The topological polar surface area (TPSA) is 75.6 Å². The highest BCUT2D eigenvalue weighted by molar-refractivity contribution is 7.27. The standard InChI is InChI=1S/C11H11NO4S2/c1-16-6(11(14)15)5-12-10(13)9-4-8-7(18-9)2-3-17-8/h2-4,6H,5H2,1H3,(H,12,13)(H,14,15). The van der Waals surface area contributed by atoms with Gasteiger partial charge in [-0.15, -0.1) is 22.7 Å². The number of carboxylic acid groups (broad SMARTS) is 1. The van der Waals surface area contributed by atoms with Crippen molar-refractivity contribution in [2.75, 3.05) is 13.7 Å². The van der Waals surface area contributed by atoms with Crippen LogP contribution in [-0.4, -0.2) is 36.7 Å². The summed E-state index contributed by atoms with van der Waals surface area (Å²) < 4.78 is 6.86. The van der Waals surface area contributed by atoms with Crippen molar-refractivity contribution < 1.29 is 19.4 Å². The first-order valence-corrected chi connectivity index (χ1v) is 6.82. The molecule has 2 rings (SSSR count). The Balaban J connectivity index is 2.00. The maximum atomic E-state index is 11.8. The molecule has 0 saturated carbocycles. The second kappa shape index (κ2) is 5.47. The number of fused-ring (bicyclic) bond motifs is 1. The Labute approximate surface area is 111 Å². The van der Waals surface area contributed by atoms with Crippen LogP contribution in [-0.2, 0) is 9.53 Å². The van der Waals surface area contributed by atoms with E-state index in [9.17, 15) is 9.59 Å². The lowest BCUT2D eigenvalue weighted by Gasteiger charge is -2.10. The first-order valence-electron chi connectivity index (χ1n) is 5.12. The van der Waals surface area contributed by atoms with E-state index in [4.69, 9.17) is 9.84 Å². The van der Waals surface area contributed by atoms with Crippen LogP contribution in [0, 0.1) is 0 Å². The summed E-state index contributed by atoms with van der Waals surface area (Å²) in [6.07, 6.45) is -1.02. The Bertz CT molecular complexity index is 546. The van der Waals surface area contributed by atoms with Crippen molar-refractivity contribution in [3.8, 4) is 0 Å². The van der Waals surface area contributed by atoms with E-state index < -0.39 is 12.1 Å². The largest absolute Gasteiger partial charge is 0.479 e. The van der Waals surface area contributed by atoms with Gasteiger partial charge in [0.15, 0.2) is 6.10 Å². The van der Waals surface area contributed by atoms with Crippen LogP contribution in [0.15, 0.2) is 17.5 Å². The van der Waals surface area contributed by atoms with E-state index in [1.54, 1.807) is 11.3 Å². The molecule has 7 heteroatoms. The van der Waals surface area contributed by atoms with Gasteiger partial charge in [-0.3, -0.25) is 4.79 Å². The Morgan fingerprint density at radius 2 is 2.28 bits per heavy atom. The number of aliphatic carboxylic acids is 1. The molecule has 0 radical (unpaired) electrons. The van der Waals surface area contributed by atoms with E-state index in [1.807, 2.05) is 17.5 Å². The van der Waals surface area contributed by atoms with E-state index in [0.29, 0.717) is 4.88 Å². The lowest BCUT2D eigenvalue weighted by molar-refractivity contribution is -0.147. The molecule has 0 fully saturated rings. The predicted molar refractivity (Wildman–Crippen MR) is 70.5 cm³/mol. The van der Waals surface area contributed by atoms with Crippen molar-refractivity contribution in [3.05, 3.63) is 22.4 Å². The molecule has 0 aliphatic heterocycles. The lowest BCUT2D eigenvalue weighted by Crippen LogP contribution is -2.37. The van der Waals surface area contributed by atoms with Gasteiger partial charge in [-0.2, -0.15) is 0 Å². The van der Waals surface area contributed by atoms with Crippen molar-refractivity contribution in [2.45, 2.75) is 6.10 Å². The highest BCUT2D eigenvalue weighted by Crippen LogP contribution is 2.29. The summed E-state index contributed by atoms with van der Waals surface area (Å²) in [5, 5.41) is 13.3. The smallest absolute Gasteiger partial charge is 0.334 e. The molecule has 96 valence electrons. The van der Waals surface area contributed by atoms with Gasteiger partial charge < -0.3 is 15.2 Å². The number of thiophene rings is 2. The zero-order chi connectivity index (χ0) is 13.1. The highest BCUT2D eigenvalue weighted by Gasteiger charge is 2.18. The normalized spacial score (nSPS) is 12.5. The number of carboxylic acids is 1. The van der Waals surface area contributed by atoms with Crippen LogP contribution in [0.5, 0.6) is 0 Å². The summed E-state index contributed by atoms with van der Waals surface area (Å²) in [4.78, 5) is 23.1. The van der Waals surface area contributed by atoms with Crippen LogP contribution in [0.1, 0.15) is 9.67 Å². The summed E-state index contributed by atoms with van der Waals surface area (Å²) in [5.74, 6) is -1.36. The second-order valence-electron chi connectivity index (χ2n) is 3.53. The minimum Gasteiger partial charge on any atom is -0.479 e. The van der Waals surface area contributed by atoms with Crippen LogP contribution in [0.25, 0.3) is 9.40 Å². The third-order valence-electron chi connectivity index (χ3n) is 2.37. The summed E-state index contributed by atoms with van der Waals surface area (Å²) in [5.41, 5.74) is 0.